The fraction of sp³-hybridized carbons (Fsp3) is 0.200. The Bertz CT molecular complexity index is 1470. The number of amides is 1. The van der Waals surface area contributed by atoms with Gasteiger partial charge in [-0.1, -0.05) is 66.7 Å². The number of ether oxygens (including phenoxy) is 1. The Morgan fingerprint density at radius 1 is 1.03 bits per heavy atom. The Morgan fingerprint density at radius 3 is 2.26 bits per heavy atom. The SMILES string of the molecule is COCCCNC(=O)C(C#N)=Cc1c(N(Cc2ccccc2)Cc2ccccc2)nc2ccccn2c1=O. The molecule has 0 aliphatic carbocycles. The van der Waals surface area contributed by atoms with Crippen molar-refractivity contribution < 1.29 is 9.53 Å². The maximum atomic E-state index is 13.7. The Hall–Kier alpha value is -4.74. The van der Waals surface area contributed by atoms with E-state index in [1.807, 2.05) is 77.7 Å². The van der Waals surface area contributed by atoms with E-state index in [1.54, 1.807) is 25.4 Å². The molecule has 2 heterocycles. The number of hydrogen-bond donors (Lipinski definition) is 1. The summed E-state index contributed by atoms with van der Waals surface area (Å²) in [6.07, 6.45) is 3.58. The van der Waals surface area contributed by atoms with Crippen molar-refractivity contribution in [3.05, 3.63) is 118 Å². The number of aromatic nitrogens is 2. The van der Waals surface area contributed by atoms with Gasteiger partial charge in [-0.25, -0.2) is 4.98 Å². The molecule has 0 aliphatic rings. The number of rotatable bonds is 11. The Balaban J connectivity index is 1.84. The summed E-state index contributed by atoms with van der Waals surface area (Å²) in [5.41, 5.74) is 2.17. The second kappa shape index (κ2) is 13.0. The summed E-state index contributed by atoms with van der Waals surface area (Å²) in [7, 11) is 1.58. The van der Waals surface area contributed by atoms with Gasteiger partial charge in [0.05, 0.1) is 5.56 Å². The molecule has 192 valence electrons. The monoisotopic (exact) mass is 507 g/mol. The summed E-state index contributed by atoms with van der Waals surface area (Å²) >= 11 is 0. The third-order valence-corrected chi connectivity index (χ3v) is 5.95. The molecular formula is C30H29N5O3. The number of nitrogens with zero attached hydrogens (tertiary/aromatic N) is 4. The van der Waals surface area contributed by atoms with E-state index in [0.29, 0.717) is 44.1 Å². The molecule has 4 aromatic rings. The number of pyridine rings is 1. The molecule has 2 aromatic heterocycles. The minimum Gasteiger partial charge on any atom is -0.385 e. The number of benzene rings is 2. The van der Waals surface area contributed by atoms with Gasteiger partial charge in [0.25, 0.3) is 11.5 Å². The van der Waals surface area contributed by atoms with E-state index in [2.05, 4.69) is 5.32 Å². The lowest BCUT2D eigenvalue weighted by atomic mass is 10.1. The first-order valence-corrected chi connectivity index (χ1v) is 12.3. The molecule has 0 saturated carbocycles. The normalized spacial score (nSPS) is 11.2. The maximum Gasteiger partial charge on any atom is 0.267 e. The van der Waals surface area contributed by atoms with Crippen LogP contribution in [-0.4, -0.2) is 35.6 Å². The highest BCUT2D eigenvalue weighted by molar-refractivity contribution is 6.02. The first-order chi connectivity index (χ1) is 18.6. The van der Waals surface area contributed by atoms with E-state index in [0.717, 1.165) is 11.1 Å². The van der Waals surface area contributed by atoms with Crippen LogP contribution in [0.15, 0.2) is 95.4 Å². The lowest BCUT2D eigenvalue weighted by molar-refractivity contribution is -0.117. The number of methoxy groups -OCH3 is 1. The predicted molar refractivity (Wildman–Crippen MR) is 147 cm³/mol. The van der Waals surface area contributed by atoms with Crippen molar-refractivity contribution in [3.63, 3.8) is 0 Å². The largest absolute Gasteiger partial charge is 0.385 e. The number of anilines is 1. The Labute approximate surface area is 221 Å². The van der Waals surface area contributed by atoms with Gasteiger partial charge in [0.2, 0.25) is 0 Å². The summed E-state index contributed by atoms with van der Waals surface area (Å²) in [5, 5.41) is 12.5. The zero-order chi connectivity index (χ0) is 26.7. The van der Waals surface area contributed by atoms with Crippen LogP contribution in [0.2, 0.25) is 0 Å². The van der Waals surface area contributed by atoms with E-state index < -0.39 is 5.91 Å². The molecule has 38 heavy (non-hydrogen) atoms. The van der Waals surface area contributed by atoms with E-state index in [9.17, 15) is 14.9 Å². The molecule has 1 amide bonds. The van der Waals surface area contributed by atoms with Gasteiger partial charge in [0.1, 0.15) is 23.1 Å². The van der Waals surface area contributed by atoms with Gasteiger partial charge in [-0.2, -0.15) is 5.26 Å². The van der Waals surface area contributed by atoms with Gasteiger partial charge < -0.3 is 15.0 Å². The van der Waals surface area contributed by atoms with E-state index in [4.69, 9.17) is 9.72 Å². The fourth-order valence-electron chi connectivity index (χ4n) is 4.08. The summed E-state index contributed by atoms with van der Waals surface area (Å²) in [4.78, 5) is 33.4. The molecule has 8 nitrogen and oxygen atoms in total. The molecule has 0 spiro atoms. The minimum absolute atomic E-state index is 0.169. The summed E-state index contributed by atoms with van der Waals surface area (Å²) in [6, 6.07) is 27.0. The third kappa shape index (κ3) is 6.52. The number of nitrogens with one attached hydrogen (secondary N) is 1. The minimum atomic E-state index is -0.551. The quantitative estimate of drug-likeness (QED) is 0.187. The van der Waals surface area contributed by atoms with Crippen LogP contribution in [0.5, 0.6) is 0 Å². The standard InChI is InChI=1S/C30H29N5O3/c1-38-18-10-16-32-29(36)25(20-31)19-26-28(33-27-15-8-9-17-35(27)30(26)37)34(21-23-11-4-2-5-12-23)22-24-13-6-3-7-14-24/h2-9,11-15,17,19H,10,16,18,21-22H2,1H3,(H,32,36). The number of nitriles is 1. The van der Waals surface area contributed by atoms with Crippen molar-refractivity contribution in [1.82, 2.24) is 14.7 Å². The number of fused-ring (bicyclic) bond motifs is 1. The Kier molecular flexibility index (Phi) is 9.00. The molecule has 8 heteroatoms. The van der Waals surface area contributed by atoms with Crippen LogP contribution in [-0.2, 0) is 22.6 Å². The Morgan fingerprint density at radius 2 is 1.66 bits per heavy atom. The van der Waals surface area contributed by atoms with Crippen LogP contribution in [0, 0.1) is 11.3 Å². The van der Waals surface area contributed by atoms with Gasteiger partial charge in [-0.15, -0.1) is 0 Å². The highest BCUT2D eigenvalue weighted by Crippen LogP contribution is 2.24. The van der Waals surface area contributed by atoms with Gasteiger partial charge in [0, 0.05) is 39.5 Å². The molecule has 0 unspecified atom stereocenters. The lowest BCUT2D eigenvalue weighted by Crippen LogP contribution is -2.30. The second-order valence-corrected chi connectivity index (χ2v) is 8.68. The first kappa shape index (κ1) is 26.3. The highest BCUT2D eigenvalue weighted by Gasteiger charge is 2.20. The van der Waals surface area contributed by atoms with Crippen molar-refractivity contribution >= 4 is 23.4 Å². The van der Waals surface area contributed by atoms with Gasteiger partial charge in [-0.05, 0) is 35.8 Å². The van der Waals surface area contributed by atoms with Crippen LogP contribution in [0.25, 0.3) is 11.7 Å². The average molecular weight is 508 g/mol. The maximum absolute atomic E-state index is 13.7. The zero-order valence-corrected chi connectivity index (χ0v) is 21.2. The molecule has 0 aliphatic heterocycles. The van der Waals surface area contributed by atoms with Crippen LogP contribution >= 0.6 is 0 Å². The molecule has 4 rings (SSSR count). The second-order valence-electron chi connectivity index (χ2n) is 8.68. The van der Waals surface area contributed by atoms with Crippen molar-refractivity contribution in [2.45, 2.75) is 19.5 Å². The van der Waals surface area contributed by atoms with Crippen LogP contribution in [0.4, 0.5) is 5.82 Å². The van der Waals surface area contributed by atoms with Crippen molar-refractivity contribution in [2.24, 2.45) is 0 Å². The van der Waals surface area contributed by atoms with Crippen LogP contribution < -0.4 is 15.8 Å². The van der Waals surface area contributed by atoms with Crippen LogP contribution in [0.3, 0.4) is 0 Å². The highest BCUT2D eigenvalue weighted by atomic mass is 16.5. The lowest BCUT2D eigenvalue weighted by Gasteiger charge is -2.26. The fourth-order valence-corrected chi connectivity index (χ4v) is 4.08. The molecule has 2 aromatic carbocycles. The third-order valence-electron chi connectivity index (χ3n) is 5.95. The van der Waals surface area contributed by atoms with Crippen LogP contribution in [0.1, 0.15) is 23.1 Å². The molecule has 0 atom stereocenters. The van der Waals surface area contributed by atoms with Gasteiger partial charge in [-0.3, -0.25) is 14.0 Å². The molecule has 0 saturated heterocycles. The van der Waals surface area contributed by atoms with Crippen molar-refractivity contribution in [3.8, 4) is 6.07 Å². The molecule has 0 fully saturated rings. The topological polar surface area (TPSA) is 99.7 Å². The summed E-state index contributed by atoms with van der Waals surface area (Å²) < 4.78 is 6.43. The number of carbonyl (C=O) groups excluding carboxylic acids is 1. The number of carbonyl (C=O) groups is 1. The molecule has 0 radical (unpaired) electrons. The van der Waals surface area contributed by atoms with Gasteiger partial charge >= 0.3 is 0 Å². The van der Waals surface area contributed by atoms with E-state index in [-0.39, 0.29) is 16.7 Å². The van der Waals surface area contributed by atoms with E-state index in [1.165, 1.54) is 10.5 Å². The average Bonchev–Trinajstić information content (AvgIpc) is 2.95. The zero-order valence-electron chi connectivity index (χ0n) is 21.2. The van der Waals surface area contributed by atoms with Crippen molar-refractivity contribution in [2.75, 3.05) is 25.2 Å². The van der Waals surface area contributed by atoms with E-state index >= 15 is 0 Å². The smallest absolute Gasteiger partial charge is 0.267 e. The summed E-state index contributed by atoms with van der Waals surface area (Å²) in [5.74, 6) is -0.154. The van der Waals surface area contributed by atoms with Gasteiger partial charge in [0.15, 0.2) is 0 Å². The van der Waals surface area contributed by atoms with Crippen molar-refractivity contribution in [1.29, 1.82) is 5.26 Å². The number of hydrogen-bond acceptors (Lipinski definition) is 6. The first-order valence-electron chi connectivity index (χ1n) is 12.3. The summed E-state index contributed by atoms with van der Waals surface area (Å²) in [6.45, 7) is 1.77. The predicted octanol–water partition coefficient (Wildman–Crippen LogP) is 3.96. The molecule has 0 bridgehead atoms. The molecule has 1 N–H and O–H groups in total. The molecular weight excluding hydrogens is 478 g/mol.